The minimum Gasteiger partial charge on any atom is -0.243 e. The van der Waals surface area contributed by atoms with Gasteiger partial charge < -0.3 is 0 Å². The van der Waals surface area contributed by atoms with Crippen LogP contribution in [0.3, 0.4) is 0 Å². The molecule has 5 heteroatoms. The van der Waals surface area contributed by atoms with Crippen LogP contribution in [-0.4, -0.2) is 13.4 Å². The van der Waals surface area contributed by atoms with Crippen molar-refractivity contribution in [3.05, 3.63) is 59.8 Å². The minimum absolute atomic E-state index is 0.0361. The lowest BCUT2D eigenvalue weighted by atomic mass is 10.1. The Kier molecular flexibility index (Phi) is 3.97. The van der Waals surface area contributed by atoms with Crippen molar-refractivity contribution in [2.24, 2.45) is 0 Å². The summed E-state index contributed by atoms with van der Waals surface area (Å²) in [4.78, 5) is 3.86. The molecule has 0 spiro atoms. The first-order chi connectivity index (χ1) is 8.99. The van der Waals surface area contributed by atoms with E-state index in [1.54, 1.807) is 12.1 Å². The van der Waals surface area contributed by atoms with Crippen molar-refractivity contribution >= 4 is 10.0 Å². The largest absolute Gasteiger partial charge is 0.258 e. The van der Waals surface area contributed by atoms with Gasteiger partial charge in [0.25, 0.3) is 10.0 Å². The van der Waals surface area contributed by atoms with E-state index in [-0.39, 0.29) is 11.1 Å². The van der Waals surface area contributed by atoms with Crippen molar-refractivity contribution in [2.45, 2.75) is 24.9 Å². The van der Waals surface area contributed by atoms with E-state index in [1.165, 1.54) is 12.3 Å². The fourth-order valence-electron chi connectivity index (χ4n) is 1.72. The normalized spacial score (nSPS) is 13.2. The molecule has 0 fully saturated rings. The Morgan fingerprint density at radius 3 is 2.37 bits per heavy atom. The van der Waals surface area contributed by atoms with Gasteiger partial charge in [-0.1, -0.05) is 35.9 Å². The van der Waals surface area contributed by atoms with Crippen LogP contribution in [0.5, 0.6) is 0 Å². The van der Waals surface area contributed by atoms with Gasteiger partial charge in [0.2, 0.25) is 0 Å². The highest BCUT2D eigenvalue weighted by Gasteiger charge is 2.18. The Bertz CT molecular complexity index is 637. The zero-order valence-corrected chi connectivity index (χ0v) is 11.7. The molecule has 4 nitrogen and oxygen atoms in total. The van der Waals surface area contributed by atoms with Gasteiger partial charge >= 0.3 is 0 Å². The molecule has 19 heavy (non-hydrogen) atoms. The van der Waals surface area contributed by atoms with Crippen LogP contribution >= 0.6 is 0 Å². The van der Waals surface area contributed by atoms with Crippen molar-refractivity contribution in [2.75, 3.05) is 0 Å². The Balaban J connectivity index is 2.19. The number of sulfonamides is 1. The van der Waals surface area contributed by atoms with Crippen LogP contribution in [0, 0.1) is 6.92 Å². The SMILES string of the molecule is Cc1ccc([C@@H](C)NS(=O)(=O)c2ccccn2)cc1. The van der Waals surface area contributed by atoms with Crippen LogP contribution in [0.2, 0.25) is 0 Å². The predicted molar refractivity (Wildman–Crippen MR) is 74.2 cm³/mol. The van der Waals surface area contributed by atoms with Gasteiger partial charge in [0.1, 0.15) is 0 Å². The fraction of sp³-hybridized carbons (Fsp3) is 0.214. The van der Waals surface area contributed by atoms with E-state index < -0.39 is 10.0 Å². The lowest BCUT2D eigenvalue weighted by Crippen LogP contribution is -2.27. The predicted octanol–water partition coefficient (Wildman–Crippen LogP) is 2.43. The van der Waals surface area contributed by atoms with Crippen molar-refractivity contribution in [1.29, 1.82) is 0 Å². The molecular weight excluding hydrogens is 260 g/mol. The number of aromatic nitrogens is 1. The average molecular weight is 276 g/mol. The van der Waals surface area contributed by atoms with Gasteiger partial charge in [-0.05, 0) is 31.5 Å². The summed E-state index contributed by atoms with van der Waals surface area (Å²) in [6.07, 6.45) is 1.46. The number of nitrogens with zero attached hydrogens (tertiary/aromatic N) is 1. The molecule has 1 N–H and O–H groups in total. The molecule has 0 amide bonds. The monoisotopic (exact) mass is 276 g/mol. The highest BCUT2D eigenvalue weighted by molar-refractivity contribution is 7.89. The molecule has 0 unspecified atom stereocenters. The van der Waals surface area contributed by atoms with Crippen molar-refractivity contribution in [1.82, 2.24) is 9.71 Å². The number of aryl methyl sites for hydroxylation is 1. The van der Waals surface area contributed by atoms with Crippen LogP contribution in [-0.2, 0) is 10.0 Å². The molecule has 2 aromatic rings. The summed E-state index contributed by atoms with van der Waals surface area (Å²) in [7, 11) is -3.58. The summed E-state index contributed by atoms with van der Waals surface area (Å²) in [5.74, 6) is 0. The molecule has 0 saturated heterocycles. The number of nitrogens with one attached hydrogen (secondary N) is 1. The molecule has 100 valence electrons. The van der Waals surface area contributed by atoms with Gasteiger partial charge in [-0.2, -0.15) is 0 Å². The highest BCUT2D eigenvalue weighted by Crippen LogP contribution is 2.16. The molecule has 0 aliphatic carbocycles. The van der Waals surface area contributed by atoms with Crippen molar-refractivity contribution < 1.29 is 8.42 Å². The maximum atomic E-state index is 12.1. The fourth-order valence-corrected chi connectivity index (χ4v) is 2.90. The standard InChI is InChI=1S/C14H16N2O2S/c1-11-6-8-13(9-7-11)12(2)16-19(17,18)14-5-3-4-10-15-14/h3-10,12,16H,1-2H3/t12-/m1/s1. The third kappa shape index (κ3) is 3.39. The molecular formula is C14H16N2O2S. The van der Waals surface area contributed by atoms with Gasteiger partial charge in [-0.25, -0.2) is 18.1 Å². The molecule has 2 rings (SSSR count). The first-order valence-electron chi connectivity index (χ1n) is 5.99. The zero-order chi connectivity index (χ0) is 13.9. The number of rotatable bonds is 4. The molecule has 1 atom stereocenters. The average Bonchev–Trinajstić information content (AvgIpc) is 2.40. The summed E-state index contributed by atoms with van der Waals surface area (Å²) in [6, 6.07) is 12.3. The van der Waals surface area contributed by atoms with E-state index in [0.717, 1.165) is 11.1 Å². The van der Waals surface area contributed by atoms with E-state index >= 15 is 0 Å². The second-order valence-corrected chi connectivity index (χ2v) is 6.08. The van der Waals surface area contributed by atoms with E-state index in [1.807, 2.05) is 38.1 Å². The summed E-state index contributed by atoms with van der Waals surface area (Å²) in [5, 5.41) is 0.0361. The molecule has 0 saturated carbocycles. The maximum Gasteiger partial charge on any atom is 0.258 e. The van der Waals surface area contributed by atoms with Crippen LogP contribution in [0.15, 0.2) is 53.7 Å². The second-order valence-electron chi connectivity index (χ2n) is 4.42. The van der Waals surface area contributed by atoms with E-state index in [0.29, 0.717) is 0 Å². The van der Waals surface area contributed by atoms with Crippen LogP contribution in [0.1, 0.15) is 24.1 Å². The minimum atomic E-state index is -3.58. The van der Waals surface area contributed by atoms with Gasteiger partial charge in [-0.15, -0.1) is 0 Å². The van der Waals surface area contributed by atoms with Crippen molar-refractivity contribution in [3.8, 4) is 0 Å². The maximum absolute atomic E-state index is 12.1. The third-order valence-corrected chi connectivity index (χ3v) is 4.28. The third-order valence-electron chi connectivity index (χ3n) is 2.82. The Morgan fingerprint density at radius 2 is 1.79 bits per heavy atom. The summed E-state index contributed by atoms with van der Waals surface area (Å²) < 4.78 is 26.8. The lowest BCUT2D eigenvalue weighted by molar-refractivity contribution is 0.563. The smallest absolute Gasteiger partial charge is 0.243 e. The molecule has 0 aliphatic rings. The highest BCUT2D eigenvalue weighted by atomic mass is 32.2. The van der Waals surface area contributed by atoms with E-state index in [4.69, 9.17) is 0 Å². The van der Waals surface area contributed by atoms with Crippen LogP contribution in [0.4, 0.5) is 0 Å². The summed E-state index contributed by atoms with van der Waals surface area (Å²) in [5.41, 5.74) is 2.06. The molecule has 0 bridgehead atoms. The first kappa shape index (κ1) is 13.7. The molecule has 0 aliphatic heterocycles. The number of hydrogen-bond donors (Lipinski definition) is 1. The molecule has 0 radical (unpaired) electrons. The van der Waals surface area contributed by atoms with Crippen LogP contribution in [0.25, 0.3) is 0 Å². The Labute approximate surface area is 113 Å². The summed E-state index contributed by atoms with van der Waals surface area (Å²) in [6.45, 7) is 3.80. The Morgan fingerprint density at radius 1 is 1.11 bits per heavy atom. The molecule has 1 aromatic carbocycles. The van der Waals surface area contributed by atoms with Crippen molar-refractivity contribution in [3.63, 3.8) is 0 Å². The summed E-state index contributed by atoms with van der Waals surface area (Å²) >= 11 is 0. The van der Waals surface area contributed by atoms with Gasteiger partial charge in [0, 0.05) is 12.2 Å². The number of hydrogen-bond acceptors (Lipinski definition) is 3. The zero-order valence-electron chi connectivity index (χ0n) is 10.9. The second kappa shape index (κ2) is 5.50. The molecule has 1 aromatic heterocycles. The molecule has 1 heterocycles. The van der Waals surface area contributed by atoms with Gasteiger partial charge in [0.05, 0.1) is 0 Å². The van der Waals surface area contributed by atoms with Gasteiger partial charge in [-0.3, -0.25) is 0 Å². The Hall–Kier alpha value is -1.72. The number of benzene rings is 1. The number of pyridine rings is 1. The first-order valence-corrected chi connectivity index (χ1v) is 7.47. The van der Waals surface area contributed by atoms with E-state index in [9.17, 15) is 8.42 Å². The lowest BCUT2D eigenvalue weighted by Gasteiger charge is -2.14. The van der Waals surface area contributed by atoms with E-state index in [2.05, 4.69) is 9.71 Å². The van der Waals surface area contributed by atoms with Crippen LogP contribution < -0.4 is 4.72 Å². The quantitative estimate of drug-likeness (QED) is 0.933. The topological polar surface area (TPSA) is 59.1 Å². The van der Waals surface area contributed by atoms with Gasteiger partial charge in [0.15, 0.2) is 5.03 Å².